The van der Waals surface area contributed by atoms with E-state index in [0.29, 0.717) is 11.6 Å². The van der Waals surface area contributed by atoms with Crippen molar-refractivity contribution < 1.29 is 8.78 Å². The summed E-state index contributed by atoms with van der Waals surface area (Å²) in [5, 5.41) is 5.73. The maximum Gasteiger partial charge on any atom is 0.224 e. The van der Waals surface area contributed by atoms with Crippen molar-refractivity contribution in [1.82, 2.24) is 9.97 Å². The van der Waals surface area contributed by atoms with Gasteiger partial charge >= 0.3 is 0 Å². The molecule has 19 heavy (non-hydrogen) atoms. The van der Waals surface area contributed by atoms with Gasteiger partial charge in [0.05, 0.1) is 11.9 Å². The number of hydrogen-bond donors (Lipinski definition) is 2. The zero-order valence-electron chi connectivity index (χ0n) is 10.0. The van der Waals surface area contributed by atoms with Crippen LogP contribution in [0.4, 0.5) is 26.2 Å². The molecular weight excluding hydrogens is 274 g/mol. The van der Waals surface area contributed by atoms with Gasteiger partial charge in [-0.1, -0.05) is 11.6 Å². The van der Waals surface area contributed by atoms with Gasteiger partial charge in [-0.3, -0.25) is 0 Å². The third-order valence-corrected chi connectivity index (χ3v) is 2.50. The van der Waals surface area contributed by atoms with Crippen LogP contribution in [0.2, 0.25) is 5.02 Å². The Morgan fingerprint density at radius 1 is 1.26 bits per heavy atom. The Bertz CT molecular complexity index is 592. The zero-order chi connectivity index (χ0) is 13.8. The largest absolute Gasteiger partial charge is 0.354 e. The van der Waals surface area contributed by atoms with E-state index in [2.05, 4.69) is 20.6 Å². The van der Waals surface area contributed by atoms with Crippen molar-refractivity contribution in [3.05, 3.63) is 41.1 Å². The Morgan fingerprint density at radius 2 is 2.05 bits per heavy atom. The molecule has 0 saturated heterocycles. The standard InChI is InChI=1S/C12H11ClF2N4/c1-2-16-12-17-6-9(15)11(19-12)18-10-5-7(13)3-4-8(10)14/h3-6H,2H2,1H3,(H2,16,17,18,19). The normalized spacial score (nSPS) is 10.3. The molecule has 0 spiro atoms. The maximum absolute atomic E-state index is 13.6. The second-order valence-corrected chi connectivity index (χ2v) is 4.11. The number of benzene rings is 1. The van der Waals surface area contributed by atoms with E-state index in [9.17, 15) is 8.78 Å². The minimum Gasteiger partial charge on any atom is -0.354 e. The fourth-order valence-corrected chi connectivity index (χ4v) is 1.59. The van der Waals surface area contributed by atoms with Crippen LogP contribution < -0.4 is 10.6 Å². The lowest BCUT2D eigenvalue weighted by Gasteiger charge is -2.09. The third kappa shape index (κ3) is 3.29. The van der Waals surface area contributed by atoms with Gasteiger partial charge < -0.3 is 10.6 Å². The molecule has 0 aliphatic heterocycles. The monoisotopic (exact) mass is 284 g/mol. The average molecular weight is 285 g/mol. The van der Waals surface area contributed by atoms with E-state index in [1.165, 1.54) is 18.2 Å². The number of hydrogen-bond acceptors (Lipinski definition) is 4. The van der Waals surface area contributed by atoms with Gasteiger partial charge in [0.25, 0.3) is 0 Å². The summed E-state index contributed by atoms with van der Waals surface area (Å²) in [5.74, 6) is -1.09. The molecule has 0 amide bonds. The van der Waals surface area contributed by atoms with E-state index in [1.54, 1.807) is 0 Å². The number of nitrogens with one attached hydrogen (secondary N) is 2. The van der Waals surface area contributed by atoms with Gasteiger partial charge in [-0.15, -0.1) is 0 Å². The fraction of sp³-hybridized carbons (Fsp3) is 0.167. The lowest BCUT2D eigenvalue weighted by atomic mass is 10.3. The van der Waals surface area contributed by atoms with E-state index in [1.807, 2.05) is 6.92 Å². The fourth-order valence-electron chi connectivity index (χ4n) is 1.42. The van der Waals surface area contributed by atoms with Gasteiger partial charge in [-0.05, 0) is 25.1 Å². The highest BCUT2D eigenvalue weighted by atomic mass is 35.5. The number of rotatable bonds is 4. The Balaban J connectivity index is 2.31. The van der Waals surface area contributed by atoms with Gasteiger partial charge in [0.15, 0.2) is 11.6 Å². The summed E-state index contributed by atoms with van der Waals surface area (Å²) in [6.45, 7) is 2.45. The van der Waals surface area contributed by atoms with E-state index in [-0.39, 0.29) is 17.5 Å². The molecule has 1 aromatic carbocycles. The predicted octanol–water partition coefficient (Wildman–Crippen LogP) is 3.58. The minimum atomic E-state index is -0.680. The molecule has 0 radical (unpaired) electrons. The molecule has 1 heterocycles. The SMILES string of the molecule is CCNc1ncc(F)c(Nc2cc(Cl)ccc2F)n1. The van der Waals surface area contributed by atoms with Gasteiger partial charge in [-0.25, -0.2) is 13.8 Å². The highest BCUT2D eigenvalue weighted by molar-refractivity contribution is 6.30. The number of nitrogens with zero attached hydrogens (tertiary/aromatic N) is 2. The summed E-state index contributed by atoms with van der Waals surface area (Å²) in [6.07, 6.45) is 1.01. The molecule has 2 rings (SSSR count). The number of aromatic nitrogens is 2. The molecular formula is C12H11ClF2N4. The molecule has 4 nitrogen and oxygen atoms in total. The van der Waals surface area contributed by atoms with E-state index in [4.69, 9.17) is 11.6 Å². The highest BCUT2D eigenvalue weighted by Crippen LogP contribution is 2.24. The molecule has 0 bridgehead atoms. The smallest absolute Gasteiger partial charge is 0.224 e. The van der Waals surface area contributed by atoms with Crippen LogP contribution in [0, 0.1) is 11.6 Å². The van der Waals surface area contributed by atoms with Crippen molar-refractivity contribution in [2.45, 2.75) is 6.92 Å². The van der Waals surface area contributed by atoms with Gasteiger partial charge in [0, 0.05) is 11.6 Å². The van der Waals surface area contributed by atoms with Crippen LogP contribution >= 0.6 is 11.6 Å². The average Bonchev–Trinajstić information content (AvgIpc) is 2.38. The summed E-state index contributed by atoms with van der Waals surface area (Å²) in [6, 6.07) is 3.95. The van der Waals surface area contributed by atoms with E-state index in [0.717, 1.165) is 6.20 Å². The lowest BCUT2D eigenvalue weighted by Crippen LogP contribution is -2.06. The molecule has 7 heteroatoms. The van der Waals surface area contributed by atoms with Crippen LogP contribution in [0.15, 0.2) is 24.4 Å². The summed E-state index contributed by atoms with van der Waals surface area (Å²) < 4.78 is 27.1. The van der Waals surface area contributed by atoms with Crippen LogP contribution in [0.3, 0.4) is 0 Å². The van der Waals surface area contributed by atoms with Crippen LogP contribution in [-0.2, 0) is 0 Å². The second kappa shape index (κ2) is 5.79. The third-order valence-electron chi connectivity index (χ3n) is 2.26. The lowest BCUT2D eigenvalue weighted by molar-refractivity contribution is 0.616. The van der Waals surface area contributed by atoms with Crippen LogP contribution in [0.25, 0.3) is 0 Å². The Hall–Kier alpha value is -1.95. The summed E-state index contributed by atoms with van der Waals surface area (Å²) in [7, 11) is 0. The van der Waals surface area contributed by atoms with Crippen molar-refractivity contribution in [3.63, 3.8) is 0 Å². The molecule has 0 aliphatic carbocycles. The summed E-state index contributed by atoms with van der Waals surface area (Å²) in [4.78, 5) is 7.66. The molecule has 0 atom stereocenters. The Kier molecular flexibility index (Phi) is 4.11. The Morgan fingerprint density at radius 3 is 2.79 bits per heavy atom. The molecule has 0 unspecified atom stereocenters. The molecule has 0 fully saturated rings. The van der Waals surface area contributed by atoms with Gasteiger partial charge in [0.1, 0.15) is 5.82 Å². The van der Waals surface area contributed by atoms with Crippen molar-refractivity contribution >= 4 is 29.1 Å². The van der Waals surface area contributed by atoms with Gasteiger partial charge in [0.2, 0.25) is 5.95 Å². The highest BCUT2D eigenvalue weighted by Gasteiger charge is 2.10. The van der Waals surface area contributed by atoms with Crippen molar-refractivity contribution in [2.24, 2.45) is 0 Å². The Labute approximate surface area is 113 Å². The maximum atomic E-state index is 13.6. The number of halogens is 3. The topological polar surface area (TPSA) is 49.8 Å². The van der Waals surface area contributed by atoms with Crippen LogP contribution in [-0.4, -0.2) is 16.5 Å². The van der Waals surface area contributed by atoms with E-state index < -0.39 is 11.6 Å². The predicted molar refractivity (Wildman–Crippen MR) is 70.8 cm³/mol. The number of anilines is 3. The summed E-state index contributed by atoms with van der Waals surface area (Å²) >= 11 is 5.76. The zero-order valence-corrected chi connectivity index (χ0v) is 10.8. The minimum absolute atomic E-state index is 0.0487. The molecule has 0 saturated carbocycles. The first kappa shape index (κ1) is 13.5. The van der Waals surface area contributed by atoms with Crippen LogP contribution in [0.1, 0.15) is 6.92 Å². The second-order valence-electron chi connectivity index (χ2n) is 3.67. The van der Waals surface area contributed by atoms with Crippen molar-refractivity contribution in [3.8, 4) is 0 Å². The van der Waals surface area contributed by atoms with Crippen molar-refractivity contribution in [2.75, 3.05) is 17.2 Å². The first-order chi connectivity index (χ1) is 9.10. The quantitative estimate of drug-likeness (QED) is 0.901. The molecule has 1 aromatic heterocycles. The summed E-state index contributed by atoms with van der Waals surface area (Å²) in [5.41, 5.74) is 0.0487. The van der Waals surface area contributed by atoms with Crippen molar-refractivity contribution in [1.29, 1.82) is 0 Å². The molecule has 100 valence electrons. The first-order valence-electron chi connectivity index (χ1n) is 5.58. The van der Waals surface area contributed by atoms with E-state index >= 15 is 0 Å². The van der Waals surface area contributed by atoms with Crippen LogP contribution in [0.5, 0.6) is 0 Å². The molecule has 2 aromatic rings. The first-order valence-corrected chi connectivity index (χ1v) is 5.96. The molecule has 2 N–H and O–H groups in total. The van der Waals surface area contributed by atoms with Gasteiger partial charge in [-0.2, -0.15) is 4.98 Å². The molecule has 0 aliphatic rings.